The first-order chi connectivity index (χ1) is 14.5. The van der Waals surface area contributed by atoms with Gasteiger partial charge in [0, 0.05) is 12.2 Å². The third-order valence-corrected chi connectivity index (χ3v) is 5.82. The van der Waals surface area contributed by atoms with Crippen LogP contribution in [0.3, 0.4) is 0 Å². The number of hydrogen-bond donors (Lipinski definition) is 1. The van der Waals surface area contributed by atoms with Gasteiger partial charge in [-0.15, -0.1) is 16.8 Å². The molecule has 0 aliphatic rings. The van der Waals surface area contributed by atoms with Crippen LogP contribution in [-0.4, -0.2) is 26.4 Å². The number of nitrogens with one attached hydrogen (secondary N) is 1. The van der Waals surface area contributed by atoms with Crippen LogP contribution >= 0.6 is 11.8 Å². The fourth-order valence-corrected chi connectivity index (χ4v) is 3.74. The number of carbonyl (C=O) groups excluding carboxylic acids is 1. The molecule has 1 N–H and O–H groups in total. The predicted molar refractivity (Wildman–Crippen MR) is 120 cm³/mol. The van der Waals surface area contributed by atoms with Gasteiger partial charge in [0.25, 0.3) is 0 Å². The molecule has 1 heterocycles. The van der Waals surface area contributed by atoms with E-state index in [0.717, 1.165) is 12.1 Å². The fourth-order valence-electron chi connectivity index (χ4n) is 2.99. The topological polar surface area (TPSA) is 59.8 Å². The maximum absolute atomic E-state index is 14.2. The Morgan fingerprint density at radius 2 is 1.97 bits per heavy atom. The molecule has 0 aliphatic heterocycles. The van der Waals surface area contributed by atoms with Crippen LogP contribution < -0.4 is 5.32 Å². The summed E-state index contributed by atoms with van der Waals surface area (Å²) in [5, 5.41) is 11.7. The van der Waals surface area contributed by atoms with Crippen LogP contribution in [0.15, 0.2) is 66.3 Å². The number of rotatable bonds is 9. The zero-order chi connectivity index (χ0) is 21.5. The molecule has 3 aromatic rings. The molecule has 0 aliphatic carbocycles. The monoisotopic (exact) mass is 424 g/mol. The van der Waals surface area contributed by atoms with Gasteiger partial charge in [-0.1, -0.05) is 56.0 Å². The quantitative estimate of drug-likeness (QED) is 0.363. The maximum Gasteiger partial charge on any atom is 0.234 e. The van der Waals surface area contributed by atoms with Crippen LogP contribution in [0, 0.1) is 5.82 Å². The summed E-state index contributed by atoms with van der Waals surface area (Å²) in [5.74, 6) is 0.559. The second-order valence-electron chi connectivity index (χ2n) is 6.95. The summed E-state index contributed by atoms with van der Waals surface area (Å²) >= 11 is 1.25. The summed E-state index contributed by atoms with van der Waals surface area (Å²) in [5.41, 5.74) is 2.37. The molecule has 7 heteroatoms. The molecule has 0 fully saturated rings. The Hall–Kier alpha value is -2.93. The molecule has 0 bridgehead atoms. The van der Waals surface area contributed by atoms with E-state index < -0.39 is 0 Å². The number of hydrogen-bond acceptors (Lipinski definition) is 4. The van der Waals surface area contributed by atoms with Gasteiger partial charge < -0.3 is 5.32 Å². The number of nitrogens with zero attached hydrogens (tertiary/aromatic N) is 3. The van der Waals surface area contributed by atoms with Crippen molar-refractivity contribution in [3.05, 3.63) is 72.6 Å². The standard InChI is InChI=1S/C23H25FN4OS/c1-4-14-28-22(19-8-6-7-9-20(19)24)26-27-23(28)30-15-21(29)25-18-12-10-17(11-13-18)16(3)5-2/h4,6-13,16H,1,5,14-15H2,2-3H3,(H,25,29)/t16-/m0/s1. The molecule has 1 amide bonds. The molecule has 5 nitrogen and oxygen atoms in total. The SMILES string of the molecule is C=CCn1c(SCC(=O)Nc2ccc([C@@H](C)CC)cc2)nnc1-c1ccccc1F. The third kappa shape index (κ3) is 5.16. The molecule has 0 spiro atoms. The number of carbonyl (C=O) groups is 1. The Morgan fingerprint density at radius 1 is 1.23 bits per heavy atom. The molecule has 0 radical (unpaired) electrons. The lowest BCUT2D eigenvalue weighted by Crippen LogP contribution is -2.14. The highest BCUT2D eigenvalue weighted by atomic mass is 32.2. The predicted octanol–water partition coefficient (Wildman–Crippen LogP) is 5.51. The van der Waals surface area contributed by atoms with E-state index in [1.54, 1.807) is 28.8 Å². The summed E-state index contributed by atoms with van der Waals surface area (Å²) < 4.78 is 15.9. The van der Waals surface area contributed by atoms with Gasteiger partial charge in [-0.05, 0) is 42.2 Å². The Labute approximate surface area is 180 Å². The largest absolute Gasteiger partial charge is 0.325 e. The summed E-state index contributed by atoms with van der Waals surface area (Å²) in [7, 11) is 0. The van der Waals surface area contributed by atoms with E-state index in [-0.39, 0.29) is 17.5 Å². The highest BCUT2D eigenvalue weighted by molar-refractivity contribution is 7.99. The van der Waals surface area contributed by atoms with Gasteiger partial charge in [-0.2, -0.15) is 0 Å². The lowest BCUT2D eigenvalue weighted by atomic mass is 9.99. The lowest BCUT2D eigenvalue weighted by Gasteiger charge is -2.11. The number of halogens is 1. The second-order valence-corrected chi connectivity index (χ2v) is 7.90. The van der Waals surface area contributed by atoms with Crippen molar-refractivity contribution in [1.29, 1.82) is 0 Å². The summed E-state index contributed by atoms with van der Waals surface area (Å²) in [6.45, 7) is 8.50. The van der Waals surface area contributed by atoms with Gasteiger partial charge in [-0.3, -0.25) is 9.36 Å². The molecule has 30 heavy (non-hydrogen) atoms. The Morgan fingerprint density at radius 3 is 2.63 bits per heavy atom. The van der Waals surface area contributed by atoms with Crippen molar-refractivity contribution in [2.24, 2.45) is 0 Å². The molecule has 0 saturated carbocycles. The second kappa shape index (κ2) is 10.2. The molecule has 1 atom stereocenters. The lowest BCUT2D eigenvalue weighted by molar-refractivity contribution is -0.113. The van der Waals surface area contributed by atoms with Crippen LogP contribution in [0.5, 0.6) is 0 Å². The molecule has 1 aromatic heterocycles. The van der Waals surface area contributed by atoms with E-state index in [1.165, 1.54) is 23.4 Å². The van der Waals surface area contributed by atoms with Crippen LogP contribution in [0.25, 0.3) is 11.4 Å². The van der Waals surface area contributed by atoms with E-state index in [4.69, 9.17) is 0 Å². The molecule has 2 aromatic carbocycles. The number of benzene rings is 2. The first-order valence-electron chi connectivity index (χ1n) is 9.85. The molecular weight excluding hydrogens is 399 g/mol. The smallest absolute Gasteiger partial charge is 0.234 e. The van der Waals surface area contributed by atoms with Crippen molar-refractivity contribution in [3.8, 4) is 11.4 Å². The normalized spacial score (nSPS) is 11.8. The average Bonchev–Trinajstić information content (AvgIpc) is 3.15. The van der Waals surface area contributed by atoms with Crippen molar-refractivity contribution >= 4 is 23.4 Å². The zero-order valence-electron chi connectivity index (χ0n) is 17.1. The minimum atomic E-state index is -0.370. The average molecular weight is 425 g/mol. The first kappa shape index (κ1) is 21.8. The van der Waals surface area contributed by atoms with Crippen LogP contribution in [0.1, 0.15) is 31.7 Å². The Kier molecular flexibility index (Phi) is 7.41. The van der Waals surface area contributed by atoms with Crippen molar-refractivity contribution in [2.45, 2.75) is 37.9 Å². The van der Waals surface area contributed by atoms with Crippen molar-refractivity contribution in [3.63, 3.8) is 0 Å². The number of amides is 1. The number of anilines is 1. The van der Waals surface area contributed by atoms with Crippen LogP contribution in [0.4, 0.5) is 10.1 Å². The highest BCUT2D eigenvalue weighted by Gasteiger charge is 2.17. The Bertz CT molecular complexity index is 1020. The van der Waals surface area contributed by atoms with E-state index >= 15 is 0 Å². The molecule has 3 rings (SSSR count). The van der Waals surface area contributed by atoms with Gasteiger partial charge >= 0.3 is 0 Å². The number of allylic oxidation sites excluding steroid dienone is 1. The zero-order valence-corrected chi connectivity index (χ0v) is 18.0. The summed E-state index contributed by atoms with van der Waals surface area (Å²) in [6.07, 6.45) is 2.76. The van der Waals surface area contributed by atoms with Crippen molar-refractivity contribution < 1.29 is 9.18 Å². The van der Waals surface area contributed by atoms with Gasteiger partial charge in [0.1, 0.15) is 5.82 Å². The minimum absolute atomic E-state index is 0.142. The molecule has 156 valence electrons. The highest BCUT2D eigenvalue weighted by Crippen LogP contribution is 2.26. The van der Waals surface area contributed by atoms with Gasteiger partial charge in [0.05, 0.1) is 11.3 Å². The van der Waals surface area contributed by atoms with Crippen molar-refractivity contribution in [1.82, 2.24) is 14.8 Å². The van der Waals surface area contributed by atoms with Gasteiger partial charge in [-0.25, -0.2) is 4.39 Å². The van der Waals surface area contributed by atoms with Crippen LogP contribution in [0.2, 0.25) is 0 Å². The molecule has 0 saturated heterocycles. The molecular formula is C23H25FN4OS. The molecule has 0 unspecified atom stereocenters. The fraction of sp³-hybridized carbons (Fsp3) is 0.261. The van der Waals surface area contributed by atoms with E-state index in [2.05, 4.69) is 35.9 Å². The number of aromatic nitrogens is 3. The minimum Gasteiger partial charge on any atom is -0.325 e. The maximum atomic E-state index is 14.2. The summed E-state index contributed by atoms with van der Waals surface area (Å²) in [4.78, 5) is 12.4. The number of thioether (sulfide) groups is 1. The third-order valence-electron chi connectivity index (χ3n) is 4.85. The van der Waals surface area contributed by atoms with E-state index in [0.29, 0.717) is 29.0 Å². The van der Waals surface area contributed by atoms with Gasteiger partial charge in [0.2, 0.25) is 5.91 Å². The van der Waals surface area contributed by atoms with E-state index in [1.807, 2.05) is 24.3 Å². The Balaban J connectivity index is 1.67. The van der Waals surface area contributed by atoms with E-state index in [9.17, 15) is 9.18 Å². The van der Waals surface area contributed by atoms with Gasteiger partial charge in [0.15, 0.2) is 11.0 Å². The van der Waals surface area contributed by atoms with Crippen molar-refractivity contribution in [2.75, 3.05) is 11.1 Å². The van der Waals surface area contributed by atoms with Crippen LogP contribution in [-0.2, 0) is 11.3 Å². The summed E-state index contributed by atoms with van der Waals surface area (Å²) in [6, 6.07) is 14.3. The first-order valence-corrected chi connectivity index (χ1v) is 10.8.